The third kappa shape index (κ3) is 3.52. The molecule has 2 N–H and O–H groups in total. The van der Waals surface area contributed by atoms with Gasteiger partial charge in [0.05, 0.1) is 17.3 Å². The molecule has 0 saturated heterocycles. The molecule has 4 rings (SSSR count). The number of benzene rings is 2. The average Bonchev–Trinajstić information content (AvgIpc) is 3.09. The Bertz CT molecular complexity index is 1300. The van der Waals surface area contributed by atoms with Crippen LogP contribution >= 0.6 is 11.3 Å². The van der Waals surface area contributed by atoms with Gasteiger partial charge in [-0.05, 0) is 30.3 Å². The minimum absolute atomic E-state index is 0.201. The number of nitrogens with zero attached hydrogens (tertiary/aromatic N) is 3. The highest BCUT2D eigenvalue weighted by Gasteiger charge is 2.19. The Morgan fingerprint density at radius 3 is 2.83 bits per heavy atom. The molecule has 0 aliphatic carbocycles. The summed E-state index contributed by atoms with van der Waals surface area (Å²) in [4.78, 5) is 29.1. The van der Waals surface area contributed by atoms with Gasteiger partial charge in [-0.1, -0.05) is 23.5 Å². The van der Waals surface area contributed by atoms with Gasteiger partial charge >= 0.3 is 0 Å². The summed E-state index contributed by atoms with van der Waals surface area (Å²) >= 11 is 1.07. The molecule has 0 aliphatic heterocycles. The first-order chi connectivity index (χ1) is 14.0. The van der Waals surface area contributed by atoms with Crippen LogP contribution in [0.1, 0.15) is 10.5 Å². The number of nitrogens with one attached hydrogen (secondary N) is 1. The molecular formula is C19H13FN4O4S. The number of rotatable bonds is 4. The summed E-state index contributed by atoms with van der Waals surface area (Å²) in [6.07, 6.45) is 0. The monoisotopic (exact) mass is 412 g/mol. The van der Waals surface area contributed by atoms with E-state index in [-0.39, 0.29) is 10.8 Å². The maximum atomic E-state index is 13.3. The zero-order valence-corrected chi connectivity index (χ0v) is 15.7. The second kappa shape index (κ2) is 7.32. The predicted octanol–water partition coefficient (Wildman–Crippen LogP) is 2.95. The van der Waals surface area contributed by atoms with Crippen LogP contribution in [-0.4, -0.2) is 32.9 Å². The third-order valence-electron chi connectivity index (χ3n) is 4.01. The summed E-state index contributed by atoms with van der Waals surface area (Å²) in [6, 6.07) is 11.6. The maximum Gasteiger partial charge on any atom is 0.281 e. The van der Waals surface area contributed by atoms with Crippen molar-refractivity contribution in [2.75, 3.05) is 12.4 Å². The van der Waals surface area contributed by atoms with Gasteiger partial charge in [0.2, 0.25) is 0 Å². The summed E-state index contributed by atoms with van der Waals surface area (Å²) in [5.41, 5.74) is -0.188. The Labute approximate surface area is 166 Å². The maximum absolute atomic E-state index is 13.3. The van der Waals surface area contributed by atoms with Crippen LogP contribution in [0.25, 0.3) is 15.9 Å². The van der Waals surface area contributed by atoms with Crippen molar-refractivity contribution >= 4 is 32.6 Å². The number of para-hydroxylation sites is 2. The lowest BCUT2D eigenvalue weighted by Crippen LogP contribution is -2.25. The zero-order chi connectivity index (χ0) is 20.5. The highest BCUT2D eigenvalue weighted by molar-refractivity contribution is 7.22. The van der Waals surface area contributed by atoms with E-state index in [4.69, 9.17) is 4.74 Å². The van der Waals surface area contributed by atoms with Crippen LogP contribution in [0.2, 0.25) is 0 Å². The molecule has 0 saturated carbocycles. The molecule has 29 heavy (non-hydrogen) atoms. The topological polar surface area (TPSA) is 106 Å². The number of halogens is 1. The van der Waals surface area contributed by atoms with Crippen molar-refractivity contribution in [1.82, 2.24) is 14.8 Å². The van der Waals surface area contributed by atoms with Gasteiger partial charge in [-0.25, -0.2) is 9.37 Å². The Balaban J connectivity index is 1.72. The second-order valence-corrected chi connectivity index (χ2v) is 6.92. The fourth-order valence-corrected chi connectivity index (χ4v) is 3.58. The van der Waals surface area contributed by atoms with Gasteiger partial charge in [0.1, 0.15) is 17.3 Å². The Morgan fingerprint density at radius 2 is 2.03 bits per heavy atom. The molecule has 0 fully saturated rings. The summed E-state index contributed by atoms with van der Waals surface area (Å²) < 4.78 is 20.1. The molecule has 0 bridgehead atoms. The van der Waals surface area contributed by atoms with Gasteiger partial charge in [0, 0.05) is 6.07 Å². The first-order valence-electron chi connectivity index (χ1n) is 8.30. The van der Waals surface area contributed by atoms with Crippen LogP contribution in [0.15, 0.2) is 53.3 Å². The number of aromatic hydroxyl groups is 1. The molecular weight excluding hydrogens is 399 g/mol. The van der Waals surface area contributed by atoms with E-state index >= 15 is 0 Å². The molecule has 4 aromatic rings. The summed E-state index contributed by atoms with van der Waals surface area (Å²) in [5.74, 6) is -1.40. The standard InChI is InChI=1S/C19H13FN4O4S/c1-28-14-5-3-2-4-12(14)24-16(26)9-13(25)17(23-24)18(27)22-19-21-11-7-6-10(20)8-15(11)29-19/h2-9,25H,1H3,(H,21,22,27). The lowest BCUT2D eigenvalue weighted by Gasteiger charge is -2.11. The SMILES string of the molecule is COc1ccccc1-n1nc(C(=O)Nc2nc3ccc(F)cc3s2)c(O)cc1=O. The molecule has 0 atom stereocenters. The fraction of sp³-hybridized carbons (Fsp3) is 0.0526. The number of amides is 1. The summed E-state index contributed by atoms with van der Waals surface area (Å²) in [6.45, 7) is 0. The molecule has 0 unspecified atom stereocenters. The third-order valence-corrected chi connectivity index (χ3v) is 4.94. The van der Waals surface area contributed by atoms with Crippen LogP contribution < -0.4 is 15.6 Å². The number of carbonyl (C=O) groups is 1. The Morgan fingerprint density at radius 1 is 1.24 bits per heavy atom. The number of hydrogen-bond acceptors (Lipinski definition) is 7. The highest BCUT2D eigenvalue weighted by atomic mass is 32.1. The van der Waals surface area contributed by atoms with Crippen molar-refractivity contribution in [1.29, 1.82) is 0 Å². The number of aromatic nitrogens is 3. The van der Waals surface area contributed by atoms with E-state index in [0.29, 0.717) is 21.7 Å². The average molecular weight is 412 g/mol. The number of methoxy groups -OCH3 is 1. The minimum atomic E-state index is -0.773. The molecule has 8 nitrogen and oxygen atoms in total. The number of fused-ring (bicyclic) bond motifs is 1. The van der Waals surface area contributed by atoms with Gasteiger partial charge in [-0.2, -0.15) is 9.78 Å². The summed E-state index contributed by atoms with van der Waals surface area (Å²) in [7, 11) is 1.44. The molecule has 146 valence electrons. The smallest absolute Gasteiger partial charge is 0.281 e. The van der Waals surface area contributed by atoms with E-state index < -0.39 is 23.0 Å². The van der Waals surface area contributed by atoms with Crippen LogP contribution in [0.4, 0.5) is 9.52 Å². The van der Waals surface area contributed by atoms with Gasteiger partial charge in [-0.3, -0.25) is 14.9 Å². The highest BCUT2D eigenvalue weighted by Crippen LogP contribution is 2.27. The molecule has 2 aromatic carbocycles. The van der Waals surface area contributed by atoms with Crippen molar-refractivity contribution in [3.63, 3.8) is 0 Å². The van der Waals surface area contributed by atoms with Crippen molar-refractivity contribution in [3.05, 3.63) is 70.4 Å². The Hall–Kier alpha value is -3.79. The van der Waals surface area contributed by atoms with Crippen LogP contribution in [0.5, 0.6) is 11.5 Å². The zero-order valence-electron chi connectivity index (χ0n) is 14.9. The largest absolute Gasteiger partial charge is 0.505 e. The van der Waals surface area contributed by atoms with Crippen molar-refractivity contribution in [2.45, 2.75) is 0 Å². The number of ether oxygens (including phenoxy) is 1. The van der Waals surface area contributed by atoms with Gasteiger partial charge < -0.3 is 9.84 Å². The van der Waals surface area contributed by atoms with Crippen LogP contribution in [-0.2, 0) is 0 Å². The predicted molar refractivity (Wildman–Crippen MR) is 106 cm³/mol. The van der Waals surface area contributed by atoms with Crippen molar-refractivity contribution < 1.29 is 19.0 Å². The van der Waals surface area contributed by atoms with Crippen LogP contribution in [0, 0.1) is 5.82 Å². The van der Waals surface area contributed by atoms with E-state index in [9.17, 15) is 19.1 Å². The number of carbonyl (C=O) groups excluding carboxylic acids is 1. The van der Waals surface area contributed by atoms with E-state index in [1.165, 1.54) is 25.3 Å². The lowest BCUT2D eigenvalue weighted by molar-refractivity contribution is 0.101. The fourth-order valence-electron chi connectivity index (χ4n) is 2.69. The molecule has 0 spiro atoms. The molecule has 2 heterocycles. The van der Waals surface area contributed by atoms with Gasteiger partial charge in [0.15, 0.2) is 16.6 Å². The molecule has 0 radical (unpaired) electrons. The molecule has 0 aliphatic rings. The number of thiazole rings is 1. The van der Waals surface area contributed by atoms with E-state index in [1.807, 2.05) is 0 Å². The molecule has 1 amide bonds. The van der Waals surface area contributed by atoms with Crippen LogP contribution in [0.3, 0.4) is 0 Å². The van der Waals surface area contributed by atoms with Crippen molar-refractivity contribution in [2.24, 2.45) is 0 Å². The second-order valence-electron chi connectivity index (χ2n) is 5.89. The number of hydrogen-bond donors (Lipinski definition) is 2. The molecule has 10 heteroatoms. The van der Waals surface area contributed by atoms with E-state index in [1.54, 1.807) is 24.3 Å². The van der Waals surface area contributed by atoms with Gasteiger partial charge in [-0.15, -0.1) is 0 Å². The summed E-state index contributed by atoms with van der Waals surface area (Å²) in [5, 5.41) is 16.8. The van der Waals surface area contributed by atoms with E-state index in [2.05, 4.69) is 15.4 Å². The minimum Gasteiger partial charge on any atom is -0.505 e. The quantitative estimate of drug-likeness (QED) is 0.534. The first kappa shape index (κ1) is 18.6. The molecule has 2 aromatic heterocycles. The number of anilines is 1. The lowest BCUT2D eigenvalue weighted by atomic mass is 10.3. The van der Waals surface area contributed by atoms with E-state index in [0.717, 1.165) is 22.1 Å². The van der Waals surface area contributed by atoms with Gasteiger partial charge in [0.25, 0.3) is 11.5 Å². The first-order valence-corrected chi connectivity index (χ1v) is 9.12. The Kier molecular flexibility index (Phi) is 4.69. The van der Waals surface area contributed by atoms with Crippen molar-refractivity contribution in [3.8, 4) is 17.2 Å². The normalized spacial score (nSPS) is 10.8.